The maximum atomic E-state index is 13.0. The number of alkyl halides is 3. The maximum absolute atomic E-state index is 13.0. The average Bonchev–Trinajstić information content (AvgIpc) is 2.67. The number of halogens is 3. The number of hydrogen-bond donors (Lipinski definition) is 1. The first kappa shape index (κ1) is 18.3. The van der Waals surface area contributed by atoms with Crippen molar-refractivity contribution in [2.45, 2.75) is 6.18 Å². The van der Waals surface area contributed by atoms with Gasteiger partial charge < -0.3 is 10.5 Å². The molecule has 1 aromatic heterocycles. The second-order valence-electron chi connectivity index (χ2n) is 5.73. The molecular formula is C20H14F3N3O. The Morgan fingerprint density at radius 1 is 1.04 bits per heavy atom. The Balaban J connectivity index is 2.17. The Morgan fingerprint density at radius 3 is 2.33 bits per heavy atom. The first-order valence-corrected chi connectivity index (χ1v) is 7.86. The predicted molar refractivity (Wildman–Crippen MR) is 95.8 cm³/mol. The third-order valence-corrected chi connectivity index (χ3v) is 4.05. The van der Waals surface area contributed by atoms with E-state index in [2.05, 4.69) is 4.98 Å². The number of nitrogens with zero attached hydrogens (tertiary/aromatic N) is 2. The number of hydrogen-bond acceptors (Lipinski definition) is 4. The topological polar surface area (TPSA) is 71.9 Å². The SMILES string of the molecule is COc1ccc(-c2cc(-c3cccc(C(F)(F)F)c3)c(C#N)c(N)n2)cc1. The molecule has 27 heavy (non-hydrogen) atoms. The molecule has 0 fully saturated rings. The van der Waals surface area contributed by atoms with Crippen molar-refractivity contribution in [3.05, 3.63) is 65.7 Å². The van der Waals surface area contributed by atoms with Gasteiger partial charge in [-0.2, -0.15) is 18.4 Å². The normalized spacial score (nSPS) is 11.1. The van der Waals surface area contributed by atoms with Crippen LogP contribution in [-0.4, -0.2) is 12.1 Å². The third-order valence-electron chi connectivity index (χ3n) is 4.05. The summed E-state index contributed by atoms with van der Waals surface area (Å²) in [5.41, 5.74) is 6.81. The number of benzene rings is 2. The van der Waals surface area contributed by atoms with Crippen LogP contribution >= 0.6 is 0 Å². The molecule has 0 bridgehead atoms. The Kier molecular flexibility index (Phi) is 4.74. The number of nitrogens with two attached hydrogens (primary N) is 1. The van der Waals surface area contributed by atoms with Gasteiger partial charge in [-0.3, -0.25) is 0 Å². The van der Waals surface area contributed by atoms with Crippen LogP contribution in [0.15, 0.2) is 54.6 Å². The molecule has 0 unspecified atom stereocenters. The minimum Gasteiger partial charge on any atom is -0.497 e. The summed E-state index contributed by atoms with van der Waals surface area (Å²) in [5, 5.41) is 9.41. The monoisotopic (exact) mass is 369 g/mol. The lowest BCUT2D eigenvalue weighted by atomic mass is 9.97. The van der Waals surface area contributed by atoms with Crippen molar-refractivity contribution in [3.63, 3.8) is 0 Å². The van der Waals surface area contributed by atoms with Crippen LogP contribution in [0.1, 0.15) is 11.1 Å². The van der Waals surface area contributed by atoms with E-state index in [-0.39, 0.29) is 16.9 Å². The van der Waals surface area contributed by atoms with Crippen molar-refractivity contribution in [1.82, 2.24) is 4.98 Å². The highest BCUT2D eigenvalue weighted by atomic mass is 19.4. The van der Waals surface area contributed by atoms with Crippen LogP contribution in [0.3, 0.4) is 0 Å². The fourth-order valence-corrected chi connectivity index (χ4v) is 2.68. The molecule has 0 saturated carbocycles. The van der Waals surface area contributed by atoms with E-state index in [1.807, 2.05) is 6.07 Å². The number of ether oxygens (including phenoxy) is 1. The molecule has 1 heterocycles. The van der Waals surface area contributed by atoms with Gasteiger partial charge in [0.25, 0.3) is 0 Å². The minimum atomic E-state index is -4.49. The first-order valence-electron chi connectivity index (χ1n) is 7.86. The van der Waals surface area contributed by atoms with E-state index in [4.69, 9.17) is 10.5 Å². The molecule has 0 radical (unpaired) electrons. The molecule has 4 nitrogen and oxygen atoms in total. The van der Waals surface area contributed by atoms with Gasteiger partial charge in [-0.25, -0.2) is 4.98 Å². The molecule has 2 aromatic carbocycles. The number of rotatable bonds is 3. The molecule has 0 amide bonds. The number of anilines is 1. The van der Waals surface area contributed by atoms with Gasteiger partial charge in [0.1, 0.15) is 23.2 Å². The highest BCUT2D eigenvalue weighted by Crippen LogP contribution is 2.35. The number of pyridine rings is 1. The van der Waals surface area contributed by atoms with Gasteiger partial charge in [0.15, 0.2) is 0 Å². The molecule has 7 heteroatoms. The van der Waals surface area contributed by atoms with Gasteiger partial charge in [0.2, 0.25) is 0 Å². The van der Waals surface area contributed by atoms with Crippen LogP contribution in [0.4, 0.5) is 19.0 Å². The molecule has 3 rings (SSSR count). The van der Waals surface area contributed by atoms with E-state index in [1.54, 1.807) is 37.4 Å². The van der Waals surface area contributed by atoms with E-state index in [0.29, 0.717) is 22.6 Å². The van der Waals surface area contributed by atoms with Crippen LogP contribution in [0.25, 0.3) is 22.4 Å². The van der Waals surface area contributed by atoms with E-state index in [9.17, 15) is 18.4 Å². The standard InChI is InChI=1S/C20H14F3N3O/c1-27-15-7-5-12(6-8-15)18-10-16(17(11-24)19(25)26-18)13-3-2-4-14(9-13)20(21,22)23/h2-10H,1H3,(H2,25,26). The van der Waals surface area contributed by atoms with Crippen molar-refractivity contribution in [2.24, 2.45) is 0 Å². The van der Waals surface area contributed by atoms with Gasteiger partial charge in [-0.15, -0.1) is 0 Å². The van der Waals surface area contributed by atoms with E-state index in [0.717, 1.165) is 12.1 Å². The molecule has 2 N–H and O–H groups in total. The van der Waals surface area contributed by atoms with E-state index in [1.165, 1.54) is 12.1 Å². The van der Waals surface area contributed by atoms with Crippen LogP contribution in [0.2, 0.25) is 0 Å². The molecule has 0 aliphatic carbocycles. The van der Waals surface area contributed by atoms with Gasteiger partial charge in [-0.1, -0.05) is 12.1 Å². The van der Waals surface area contributed by atoms with Crippen molar-refractivity contribution in [2.75, 3.05) is 12.8 Å². The van der Waals surface area contributed by atoms with Crippen molar-refractivity contribution >= 4 is 5.82 Å². The zero-order valence-electron chi connectivity index (χ0n) is 14.2. The molecule has 0 aliphatic heterocycles. The van der Waals surface area contributed by atoms with Crippen molar-refractivity contribution in [1.29, 1.82) is 5.26 Å². The van der Waals surface area contributed by atoms with Gasteiger partial charge in [0, 0.05) is 11.1 Å². The number of methoxy groups -OCH3 is 1. The summed E-state index contributed by atoms with van der Waals surface area (Å²) >= 11 is 0. The lowest BCUT2D eigenvalue weighted by Gasteiger charge is -2.13. The second-order valence-corrected chi connectivity index (χ2v) is 5.73. The molecule has 0 saturated heterocycles. The van der Waals surface area contributed by atoms with Gasteiger partial charge in [-0.05, 0) is 48.0 Å². The summed E-state index contributed by atoms with van der Waals surface area (Å²) in [6.07, 6.45) is -4.49. The highest BCUT2D eigenvalue weighted by molar-refractivity contribution is 5.80. The van der Waals surface area contributed by atoms with E-state index < -0.39 is 11.7 Å². The molecule has 136 valence electrons. The Bertz CT molecular complexity index is 1020. The lowest BCUT2D eigenvalue weighted by Crippen LogP contribution is -2.05. The Morgan fingerprint density at radius 2 is 1.74 bits per heavy atom. The maximum Gasteiger partial charge on any atom is 0.416 e. The van der Waals surface area contributed by atoms with Crippen LogP contribution in [-0.2, 0) is 6.18 Å². The molecule has 3 aromatic rings. The summed E-state index contributed by atoms with van der Waals surface area (Å²) in [7, 11) is 1.54. The average molecular weight is 369 g/mol. The first-order chi connectivity index (χ1) is 12.8. The summed E-state index contributed by atoms with van der Waals surface area (Å²) in [4.78, 5) is 4.22. The quantitative estimate of drug-likeness (QED) is 0.713. The predicted octanol–water partition coefficient (Wildman–Crippen LogP) is 4.90. The van der Waals surface area contributed by atoms with Gasteiger partial charge >= 0.3 is 6.18 Å². The highest BCUT2D eigenvalue weighted by Gasteiger charge is 2.30. The smallest absolute Gasteiger partial charge is 0.416 e. The van der Waals surface area contributed by atoms with Crippen LogP contribution < -0.4 is 10.5 Å². The largest absolute Gasteiger partial charge is 0.497 e. The zero-order chi connectivity index (χ0) is 19.6. The number of nitrogen functional groups attached to an aromatic ring is 1. The second kappa shape index (κ2) is 7.00. The zero-order valence-corrected chi connectivity index (χ0v) is 14.2. The van der Waals surface area contributed by atoms with E-state index >= 15 is 0 Å². The summed E-state index contributed by atoms with van der Waals surface area (Å²) in [5.74, 6) is 0.608. The van der Waals surface area contributed by atoms with Crippen LogP contribution in [0, 0.1) is 11.3 Å². The summed E-state index contributed by atoms with van der Waals surface area (Å²) in [6.45, 7) is 0. The van der Waals surface area contributed by atoms with Crippen molar-refractivity contribution < 1.29 is 17.9 Å². The molecule has 0 atom stereocenters. The molecule has 0 spiro atoms. The third kappa shape index (κ3) is 3.70. The number of nitriles is 1. The fraction of sp³-hybridized carbons (Fsp3) is 0.100. The van der Waals surface area contributed by atoms with Crippen molar-refractivity contribution in [3.8, 4) is 34.2 Å². The summed E-state index contributed by atoms with van der Waals surface area (Å²) in [6, 6.07) is 15.2. The van der Waals surface area contributed by atoms with Crippen LogP contribution in [0.5, 0.6) is 5.75 Å². The van der Waals surface area contributed by atoms with Gasteiger partial charge in [0.05, 0.1) is 18.4 Å². The Labute approximate surface area is 153 Å². The molecular weight excluding hydrogens is 355 g/mol. The molecule has 0 aliphatic rings. The lowest BCUT2D eigenvalue weighted by molar-refractivity contribution is -0.137. The number of aromatic nitrogens is 1. The summed E-state index contributed by atoms with van der Waals surface area (Å²) < 4.78 is 44.2. The Hall–Kier alpha value is -3.53. The fourth-order valence-electron chi connectivity index (χ4n) is 2.68. The minimum absolute atomic E-state index is 0.0339.